The number of aromatic nitrogens is 2. The average molecular weight is 575 g/mol. The van der Waals surface area contributed by atoms with Gasteiger partial charge in [0.05, 0.1) is 11.4 Å². The van der Waals surface area contributed by atoms with Gasteiger partial charge >= 0.3 is 0 Å². The number of halogens is 1. The van der Waals surface area contributed by atoms with Crippen LogP contribution in [0, 0.1) is 5.92 Å². The van der Waals surface area contributed by atoms with Gasteiger partial charge in [0, 0.05) is 42.1 Å². The van der Waals surface area contributed by atoms with Crippen LogP contribution in [0.2, 0.25) is 5.02 Å². The van der Waals surface area contributed by atoms with E-state index in [0.29, 0.717) is 18.0 Å². The highest BCUT2D eigenvalue weighted by Crippen LogP contribution is 2.49. The van der Waals surface area contributed by atoms with Crippen molar-refractivity contribution < 1.29 is 13.2 Å². The largest absolute Gasteiger partial charge is 0.337 e. The summed E-state index contributed by atoms with van der Waals surface area (Å²) in [6, 6.07) is 21.8. The summed E-state index contributed by atoms with van der Waals surface area (Å²) in [5, 5.41) is 0.676. The van der Waals surface area contributed by atoms with Crippen molar-refractivity contribution in [2.45, 2.75) is 49.1 Å². The molecule has 1 N–H and O–H groups in total. The molecule has 0 bridgehead atoms. The Balaban J connectivity index is 1.31. The van der Waals surface area contributed by atoms with Crippen LogP contribution in [0.15, 0.2) is 90.1 Å². The van der Waals surface area contributed by atoms with Crippen LogP contribution in [0.3, 0.4) is 0 Å². The molecule has 0 radical (unpaired) electrons. The first-order chi connectivity index (χ1) is 19.3. The van der Waals surface area contributed by atoms with Crippen LogP contribution in [0.25, 0.3) is 0 Å². The van der Waals surface area contributed by atoms with E-state index in [9.17, 15) is 13.2 Å². The summed E-state index contributed by atoms with van der Waals surface area (Å²) in [5.41, 5.74) is 3.89. The van der Waals surface area contributed by atoms with Gasteiger partial charge in [0.1, 0.15) is 5.82 Å². The van der Waals surface area contributed by atoms with Gasteiger partial charge in [0.15, 0.2) is 0 Å². The third-order valence-corrected chi connectivity index (χ3v) is 9.74. The molecule has 1 saturated carbocycles. The van der Waals surface area contributed by atoms with Crippen molar-refractivity contribution in [2.24, 2.45) is 13.0 Å². The summed E-state index contributed by atoms with van der Waals surface area (Å²) in [5.74, 6) is 0.831. The van der Waals surface area contributed by atoms with Crippen molar-refractivity contribution in [2.75, 3.05) is 4.90 Å². The molecule has 9 heteroatoms. The Bertz CT molecular complexity index is 1640. The van der Waals surface area contributed by atoms with E-state index in [1.807, 2.05) is 60.3 Å². The molecule has 4 aromatic rings. The molecule has 3 aromatic carbocycles. The molecule has 7 nitrogen and oxygen atoms in total. The quantitative estimate of drug-likeness (QED) is 0.290. The summed E-state index contributed by atoms with van der Waals surface area (Å²) in [7, 11) is -1.78. The van der Waals surface area contributed by atoms with Crippen LogP contribution in [0.1, 0.15) is 53.7 Å². The van der Waals surface area contributed by atoms with Gasteiger partial charge in [-0.1, -0.05) is 48.0 Å². The Hall–Kier alpha value is -3.46. The second kappa shape index (κ2) is 10.8. The predicted octanol–water partition coefficient (Wildman–Crippen LogP) is 5.77. The van der Waals surface area contributed by atoms with E-state index in [-0.39, 0.29) is 28.7 Å². The lowest BCUT2D eigenvalue weighted by Crippen LogP contribution is -2.34. The minimum atomic E-state index is -3.70. The lowest BCUT2D eigenvalue weighted by atomic mass is 9.87. The van der Waals surface area contributed by atoms with Crippen molar-refractivity contribution in [3.8, 4) is 0 Å². The fourth-order valence-electron chi connectivity index (χ4n) is 5.66. The average Bonchev–Trinajstić information content (AvgIpc) is 3.66. The Labute approximate surface area is 239 Å². The molecule has 0 spiro atoms. The van der Waals surface area contributed by atoms with Gasteiger partial charge in [-0.15, -0.1) is 0 Å². The van der Waals surface area contributed by atoms with E-state index in [1.54, 1.807) is 41.4 Å². The van der Waals surface area contributed by atoms with Gasteiger partial charge < -0.3 is 9.47 Å². The minimum absolute atomic E-state index is 0.0418. The monoisotopic (exact) mass is 574 g/mol. The molecular formula is C31H31ClN4O3S. The molecule has 1 aromatic heterocycles. The Morgan fingerprint density at radius 2 is 1.88 bits per heavy atom. The number of benzene rings is 3. The van der Waals surface area contributed by atoms with Crippen LogP contribution in [0.4, 0.5) is 5.69 Å². The van der Waals surface area contributed by atoms with E-state index >= 15 is 0 Å². The van der Waals surface area contributed by atoms with Crippen molar-refractivity contribution in [1.29, 1.82) is 0 Å². The van der Waals surface area contributed by atoms with Gasteiger partial charge in [-0.3, -0.25) is 4.79 Å². The van der Waals surface area contributed by atoms with Gasteiger partial charge in [-0.05, 0) is 84.7 Å². The molecule has 2 aliphatic rings. The molecule has 0 unspecified atom stereocenters. The highest BCUT2D eigenvalue weighted by atomic mass is 35.5. The van der Waals surface area contributed by atoms with Crippen molar-refractivity contribution in [3.63, 3.8) is 0 Å². The number of nitrogens with one attached hydrogen (secondary N) is 1. The van der Waals surface area contributed by atoms with E-state index in [2.05, 4.69) is 9.71 Å². The maximum Gasteiger partial charge on any atom is 0.241 e. The minimum Gasteiger partial charge on any atom is -0.337 e. The zero-order valence-corrected chi connectivity index (χ0v) is 23.8. The van der Waals surface area contributed by atoms with Gasteiger partial charge in [0.2, 0.25) is 15.9 Å². The lowest BCUT2D eigenvalue weighted by molar-refractivity contribution is -0.120. The number of anilines is 1. The molecule has 6 rings (SSSR count). The van der Waals surface area contributed by atoms with Crippen molar-refractivity contribution in [3.05, 3.63) is 113 Å². The molecule has 40 heavy (non-hydrogen) atoms. The van der Waals surface area contributed by atoms with Gasteiger partial charge in [-0.25, -0.2) is 18.1 Å². The van der Waals surface area contributed by atoms with Crippen LogP contribution < -0.4 is 9.62 Å². The van der Waals surface area contributed by atoms with Gasteiger partial charge in [-0.2, -0.15) is 0 Å². The van der Waals surface area contributed by atoms with E-state index < -0.39 is 10.0 Å². The second-order valence-corrected chi connectivity index (χ2v) is 12.8. The lowest BCUT2D eigenvalue weighted by Gasteiger charge is -2.29. The Morgan fingerprint density at radius 3 is 2.60 bits per heavy atom. The van der Waals surface area contributed by atoms with Crippen LogP contribution in [-0.4, -0.2) is 23.9 Å². The standard InChI is InChI=1S/C31H31ClN4O3S/c1-35-17-16-33-30(35)20-36(31(37)28-19-26(28)22-10-13-23(32)14-11-22)24-15-12-21-6-5-9-29(27(21)18-24)34-40(38,39)25-7-3-2-4-8-25/h2-4,7-8,10-18,26,28-29,34H,5-6,9,19-20H2,1H3/t26-,28-,29-/m0/s1. The number of carbonyl (C=O) groups excluding carboxylic acids is 1. The molecular weight excluding hydrogens is 544 g/mol. The molecule has 2 aliphatic carbocycles. The molecule has 0 aliphatic heterocycles. The molecule has 1 amide bonds. The van der Waals surface area contributed by atoms with Crippen molar-refractivity contribution in [1.82, 2.24) is 14.3 Å². The molecule has 1 fully saturated rings. The SMILES string of the molecule is Cn1ccnc1CN(C(=O)[C@H]1C[C@H]1c1ccc(Cl)cc1)c1ccc2c(c1)[C@@H](NS(=O)(=O)c1ccccc1)CCC2. The first kappa shape index (κ1) is 26.7. The topological polar surface area (TPSA) is 84.3 Å². The summed E-state index contributed by atoms with van der Waals surface area (Å²) >= 11 is 6.08. The normalized spacial score (nSPS) is 20.1. The Morgan fingerprint density at radius 1 is 1.10 bits per heavy atom. The predicted molar refractivity (Wildman–Crippen MR) is 156 cm³/mol. The summed E-state index contributed by atoms with van der Waals surface area (Å²) in [6.07, 6.45) is 6.82. The summed E-state index contributed by atoms with van der Waals surface area (Å²) < 4.78 is 31.2. The number of hydrogen-bond acceptors (Lipinski definition) is 4. The number of fused-ring (bicyclic) bond motifs is 1. The first-order valence-corrected chi connectivity index (χ1v) is 15.4. The van der Waals surface area contributed by atoms with Crippen LogP contribution in [-0.2, 0) is 34.8 Å². The highest BCUT2D eigenvalue weighted by molar-refractivity contribution is 7.89. The molecule has 1 heterocycles. The molecule has 206 valence electrons. The van der Waals surface area contributed by atoms with E-state index in [1.165, 1.54) is 0 Å². The van der Waals surface area contributed by atoms with Crippen molar-refractivity contribution >= 4 is 33.2 Å². The maximum atomic E-state index is 14.0. The third kappa shape index (κ3) is 5.44. The first-order valence-electron chi connectivity index (χ1n) is 13.5. The smallest absolute Gasteiger partial charge is 0.241 e. The number of hydrogen-bond donors (Lipinski definition) is 1. The number of rotatable bonds is 8. The number of sulfonamides is 1. The number of carbonyl (C=O) groups is 1. The maximum absolute atomic E-state index is 14.0. The van der Waals surface area contributed by atoms with E-state index in [0.717, 1.165) is 47.5 Å². The second-order valence-electron chi connectivity index (χ2n) is 10.6. The number of amides is 1. The number of aryl methyl sites for hydroxylation is 2. The Kier molecular flexibility index (Phi) is 7.25. The zero-order chi connectivity index (χ0) is 27.9. The van der Waals surface area contributed by atoms with Gasteiger partial charge in [0.25, 0.3) is 0 Å². The summed E-state index contributed by atoms with van der Waals surface area (Å²) in [6.45, 7) is 0.325. The van der Waals surface area contributed by atoms with Crippen LogP contribution in [0.5, 0.6) is 0 Å². The fraction of sp³-hybridized carbons (Fsp3) is 0.290. The van der Waals surface area contributed by atoms with E-state index in [4.69, 9.17) is 11.6 Å². The zero-order valence-electron chi connectivity index (χ0n) is 22.2. The third-order valence-electron chi connectivity index (χ3n) is 8.00. The number of imidazole rings is 1. The molecule has 3 atom stereocenters. The summed E-state index contributed by atoms with van der Waals surface area (Å²) in [4.78, 5) is 20.5. The molecule has 0 saturated heterocycles. The fourth-order valence-corrected chi connectivity index (χ4v) is 7.06. The van der Waals surface area contributed by atoms with Crippen LogP contribution >= 0.6 is 11.6 Å². The number of nitrogens with zero attached hydrogens (tertiary/aromatic N) is 3. The highest BCUT2D eigenvalue weighted by Gasteiger charge is 2.46.